The molecule has 0 saturated heterocycles. The molecule has 0 heterocycles. The van der Waals surface area contributed by atoms with E-state index in [0.29, 0.717) is 0 Å². The average molecular weight is 426 g/mol. The van der Waals surface area contributed by atoms with Gasteiger partial charge in [-0.15, -0.1) is 0 Å². The molecule has 0 rings (SSSR count). The SMILES string of the molecule is O.O.O.O.O.O.O.[CH3-].[CH3-].[CH3-].[CH3-].[Ti].[Ti].[Ti].[Ti].[Ti]. The van der Waals surface area contributed by atoms with Gasteiger partial charge in [-0.25, -0.2) is 0 Å². The summed E-state index contributed by atoms with van der Waals surface area (Å²) < 4.78 is 0. The minimum Gasteiger partial charge on any atom is -0.412 e. The zero-order chi connectivity index (χ0) is 0. The standard InChI is InChI=1S/4CH3.7H2O.5Ti/h4*1H3;7*1H2;;;;;/q4*-1;;;;;;;;;;;;. The average Bonchev–Trinajstić information content (AvgIpc) is 0. The van der Waals surface area contributed by atoms with E-state index in [0.717, 1.165) is 0 Å². The Morgan fingerprint density at radius 1 is 0.188 bits per heavy atom. The van der Waals surface area contributed by atoms with E-state index in [-0.39, 0.29) is 177 Å². The summed E-state index contributed by atoms with van der Waals surface area (Å²) in [6.45, 7) is 0. The van der Waals surface area contributed by atoms with E-state index in [1.807, 2.05) is 0 Å². The van der Waals surface area contributed by atoms with Crippen LogP contribution >= 0.6 is 0 Å². The zero-order valence-electron chi connectivity index (χ0n) is 10.0. The van der Waals surface area contributed by atoms with Crippen LogP contribution in [0.2, 0.25) is 0 Å². The van der Waals surface area contributed by atoms with Gasteiger partial charge in [0.25, 0.3) is 0 Å². The molecule has 0 fully saturated rings. The molecule has 14 N–H and O–H groups in total. The van der Waals surface area contributed by atoms with Gasteiger partial charge < -0.3 is 68.0 Å². The molecule has 0 aromatic rings. The minimum atomic E-state index is 0. The molecular formula is C4H26O7Ti5-4. The first-order chi connectivity index (χ1) is 0. The maximum absolute atomic E-state index is 0. The molecule has 0 aromatic heterocycles. The second kappa shape index (κ2) is 505. The molecule has 0 aromatic carbocycles. The molecule has 0 aliphatic carbocycles. The Balaban J connectivity index is 0. The molecule has 16 heavy (non-hydrogen) atoms. The van der Waals surface area contributed by atoms with Crippen molar-refractivity contribution in [1.82, 2.24) is 0 Å². The van der Waals surface area contributed by atoms with Gasteiger partial charge in [0.1, 0.15) is 0 Å². The predicted octanol–water partition coefficient (Wildman–Crippen LogP) is -3.98. The van der Waals surface area contributed by atoms with Gasteiger partial charge in [-0.3, -0.25) is 0 Å². The van der Waals surface area contributed by atoms with Gasteiger partial charge >= 0.3 is 0 Å². The van der Waals surface area contributed by atoms with Crippen LogP contribution in [0.1, 0.15) is 0 Å². The van der Waals surface area contributed by atoms with E-state index < -0.39 is 0 Å². The van der Waals surface area contributed by atoms with Crippen molar-refractivity contribution in [2.24, 2.45) is 0 Å². The van der Waals surface area contributed by atoms with Crippen LogP contribution in [-0.4, -0.2) is 38.3 Å². The summed E-state index contributed by atoms with van der Waals surface area (Å²) in [6.07, 6.45) is 0. The predicted molar refractivity (Wildman–Crippen MR) is 51.0 cm³/mol. The van der Waals surface area contributed by atoms with E-state index in [9.17, 15) is 0 Å². The molecule has 0 aliphatic rings. The third-order valence-corrected chi connectivity index (χ3v) is 0. The second-order valence-electron chi connectivity index (χ2n) is 0. The molecule has 108 valence electrons. The van der Waals surface area contributed by atoms with E-state index in [2.05, 4.69) is 0 Å². The van der Waals surface area contributed by atoms with E-state index in [1.54, 1.807) is 0 Å². The quantitative estimate of drug-likeness (QED) is 0.267. The van der Waals surface area contributed by atoms with Gasteiger partial charge in [0.15, 0.2) is 0 Å². The number of rotatable bonds is 0. The van der Waals surface area contributed by atoms with Crippen LogP contribution < -0.4 is 0 Å². The molecule has 0 aliphatic heterocycles. The van der Waals surface area contributed by atoms with E-state index in [1.165, 1.54) is 0 Å². The summed E-state index contributed by atoms with van der Waals surface area (Å²) in [7, 11) is 0. The van der Waals surface area contributed by atoms with Gasteiger partial charge in [-0.2, -0.15) is 0 Å². The van der Waals surface area contributed by atoms with Crippen molar-refractivity contribution in [1.29, 1.82) is 0 Å². The molecule has 0 saturated carbocycles. The first-order valence-electron chi connectivity index (χ1n) is 0. The Hall–Kier alpha value is 3.29. The van der Waals surface area contributed by atoms with Gasteiger partial charge in [0.05, 0.1) is 0 Å². The molecule has 0 atom stereocenters. The Labute approximate surface area is 174 Å². The molecule has 0 bridgehead atoms. The largest absolute Gasteiger partial charge is 0.412 e. The molecule has 0 spiro atoms. The summed E-state index contributed by atoms with van der Waals surface area (Å²) >= 11 is 0. The fraction of sp³-hybridized carbons (Fsp3) is 0. The fourth-order valence-corrected chi connectivity index (χ4v) is 0. The van der Waals surface area contributed by atoms with Crippen LogP contribution in [0.15, 0.2) is 0 Å². The summed E-state index contributed by atoms with van der Waals surface area (Å²) in [5.74, 6) is 0. The molecule has 0 unspecified atom stereocenters. The maximum atomic E-state index is 0. The van der Waals surface area contributed by atoms with Gasteiger partial charge in [-0.05, 0) is 0 Å². The van der Waals surface area contributed by atoms with Crippen LogP contribution in [0.4, 0.5) is 0 Å². The Bertz CT molecular complexity index is 24.7. The smallest absolute Gasteiger partial charge is 0 e. The monoisotopic (exact) mass is 426 g/mol. The molecule has 7 nitrogen and oxygen atoms in total. The van der Waals surface area contributed by atoms with Crippen molar-refractivity contribution in [3.63, 3.8) is 0 Å². The molecule has 0 amide bonds. The summed E-state index contributed by atoms with van der Waals surface area (Å²) in [5.41, 5.74) is 0. The van der Waals surface area contributed by atoms with Gasteiger partial charge in [0.2, 0.25) is 0 Å². The third-order valence-electron chi connectivity index (χ3n) is 0. The van der Waals surface area contributed by atoms with E-state index in [4.69, 9.17) is 0 Å². The van der Waals surface area contributed by atoms with Crippen LogP contribution in [0.5, 0.6) is 0 Å². The van der Waals surface area contributed by atoms with Crippen LogP contribution in [-0.2, 0) is 109 Å². The first kappa shape index (κ1) is 596. The van der Waals surface area contributed by atoms with Crippen LogP contribution in [0.3, 0.4) is 0 Å². The van der Waals surface area contributed by atoms with Crippen molar-refractivity contribution < 1.29 is 147 Å². The van der Waals surface area contributed by atoms with Crippen molar-refractivity contribution in [2.75, 3.05) is 0 Å². The van der Waals surface area contributed by atoms with Gasteiger partial charge in [0, 0.05) is 109 Å². The van der Waals surface area contributed by atoms with Crippen molar-refractivity contribution in [3.8, 4) is 0 Å². The van der Waals surface area contributed by atoms with Crippen molar-refractivity contribution >= 4 is 0 Å². The Kier molecular flexibility index (Phi) is 18800. The first-order valence-corrected chi connectivity index (χ1v) is 0. The summed E-state index contributed by atoms with van der Waals surface area (Å²) in [5, 5.41) is 0. The molecular weight excluding hydrogens is 399 g/mol. The minimum absolute atomic E-state index is 0. The summed E-state index contributed by atoms with van der Waals surface area (Å²) in [6, 6.07) is 0. The van der Waals surface area contributed by atoms with Crippen LogP contribution in [0.25, 0.3) is 0 Å². The molecule has 12 heteroatoms. The maximum Gasteiger partial charge on any atom is 0 e. The fourth-order valence-electron chi connectivity index (χ4n) is 0. The Morgan fingerprint density at radius 2 is 0.188 bits per heavy atom. The molecule has 0 radical (unpaired) electrons. The zero-order valence-corrected chi connectivity index (χ0v) is 17.8. The third kappa shape index (κ3) is 424. The normalized spacial score (nSPS) is 0. The van der Waals surface area contributed by atoms with Crippen molar-refractivity contribution in [2.45, 2.75) is 0 Å². The Morgan fingerprint density at radius 3 is 0.188 bits per heavy atom. The van der Waals surface area contributed by atoms with Crippen LogP contribution in [0, 0.1) is 29.7 Å². The van der Waals surface area contributed by atoms with E-state index >= 15 is 0 Å². The van der Waals surface area contributed by atoms with Gasteiger partial charge in [-0.1, -0.05) is 0 Å². The second-order valence-corrected chi connectivity index (χ2v) is 0. The number of hydrogen-bond donors (Lipinski definition) is 0. The van der Waals surface area contributed by atoms with Crippen molar-refractivity contribution in [3.05, 3.63) is 29.7 Å². The topological polar surface area (TPSA) is 220 Å². The number of hydrogen-bond acceptors (Lipinski definition) is 0. The summed E-state index contributed by atoms with van der Waals surface area (Å²) in [4.78, 5) is 0.